The molecule has 2 N–H and O–H groups in total. The quantitative estimate of drug-likeness (QED) is 0.730. The molecule has 2 atom stereocenters. The number of rotatable bonds is 5. The molecular weight excluding hydrogens is 376 g/mol. The number of aromatic hydroxyl groups is 1. The molecule has 1 aromatic rings. The number of ketones is 1. The van der Waals surface area contributed by atoms with E-state index < -0.39 is 23.5 Å². The average molecular weight is 402 g/mol. The van der Waals surface area contributed by atoms with Crippen molar-refractivity contribution in [2.75, 3.05) is 13.7 Å². The highest BCUT2D eigenvalue weighted by molar-refractivity contribution is 6.07. The van der Waals surface area contributed by atoms with Gasteiger partial charge < -0.3 is 24.4 Å². The van der Waals surface area contributed by atoms with Crippen LogP contribution in [0.15, 0.2) is 35.1 Å². The van der Waals surface area contributed by atoms with E-state index in [4.69, 9.17) is 14.2 Å². The molecule has 1 aliphatic carbocycles. The minimum atomic E-state index is -1.75. The van der Waals surface area contributed by atoms with Gasteiger partial charge in [-0.3, -0.25) is 4.79 Å². The van der Waals surface area contributed by atoms with Crippen molar-refractivity contribution >= 4 is 11.8 Å². The fourth-order valence-corrected chi connectivity index (χ4v) is 3.74. The molecule has 29 heavy (non-hydrogen) atoms. The number of hydrogen-bond acceptors (Lipinski definition) is 7. The molecular formula is C22H26O7. The van der Waals surface area contributed by atoms with Crippen molar-refractivity contribution in [1.82, 2.24) is 0 Å². The van der Waals surface area contributed by atoms with Crippen molar-refractivity contribution in [1.29, 1.82) is 0 Å². The fraction of sp³-hybridized carbons (Fsp3) is 0.455. The van der Waals surface area contributed by atoms with Gasteiger partial charge in [0, 0.05) is 24.5 Å². The molecule has 2 aliphatic rings. The maximum atomic E-state index is 13.1. The first-order chi connectivity index (χ1) is 13.7. The lowest BCUT2D eigenvalue weighted by Gasteiger charge is -2.39. The van der Waals surface area contributed by atoms with Gasteiger partial charge in [0.15, 0.2) is 5.60 Å². The van der Waals surface area contributed by atoms with Crippen molar-refractivity contribution in [3.05, 3.63) is 46.2 Å². The van der Waals surface area contributed by atoms with Crippen LogP contribution >= 0.6 is 0 Å². The molecule has 0 spiro atoms. The van der Waals surface area contributed by atoms with Gasteiger partial charge >= 0.3 is 5.97 Å². The van der Waals surface area contributed by atoms with Crippen LogP contribution in [0.2, 0.25) is 0 Å². The Hall–Kier alpha value is -2.80. The van der Waals surface area contributed by atoms with Gasteiger partial charge in [-0.2, -0.15) is 0 Å². The summed E-state index contributed by atoms with van der Waals surface area (Å²) < 4.78 is 16.4. The van der Waals surface area contributed by atoms with Crippen LogP contribution in [-0.4, -0.2) is 47.4 Å². The number of phenolic OH excluding ortho intramolecular Hbond substituents is 1. The van der Waals surface area contributed by atoms with Gasteiger partial charge in [-0.15, -0.1) is 0 Å². The summed E-state index contributed by atoms with van der Waals surface area (Å²) in [6.45, 7) is 5.16. The molecule has 0 amide bonds. The number of carbonyl (C=O) groups is 2. The predicted molar refractivity (Wildman–Crippen MR) is 105 cm³/mol. The third-order valence-electron chi connectivity index (χ3n) is 5.41. The molecule has 1 aliphatic heterocycles. The second-order valence-corrected chi connectivity index (χ2v) is 7.54. The van der Waals surface area contributed by atoms with Gasteiger partial charge in [-0.05, 0) is 43.5 Å². The normalized spacial score (nSPS) is 23.8. The lowest BCUT2D eigenvalue weighted by molar-refractivity contribution is -0.147. The first kappa shape index (κ1) is 20.9. The van der Waals surface area contributed by atoms with Gasteiger partial charge in [0.2, 0.25) is 5.78 Å². The van der Waals surface area contributed by atoms with E-state index in [1.54, 1.807) is 13.0 Å². The number of methoxy groups -OCH3 is 1. The Labute approximate surface area is 169 Å². The third kappa shape index (κ3) is 3.74. The van der Waals surface area contributed by atoms with E-state index in [1.807, 2.05) is 6.92 Å². The number of hydrogen-bond donors (Lipinski definition) is 2. The minimum absolute atomic E-state index is 0.0558. The second-order valence-electron chi connectivity index (χ2n) is 7.54. The maximum Gasteiger partial charge on any atom is 0.343 e. The number of allylic oxidation sites excluding steroid dienone is 2. The average Bonchev–Trinajstić information content (AvgIpc) is 2.66. The number of Topliss-reactive ketones (excluding diaryl/α,β-unsaturated/α-hetero) is 1. The summed E-state index contributed by atoms with van der Waals surface area (Å²) >= 11 is 0. The van der Waals surface area contributed by atoms with E-state index in [2.05, 4.69) is 0 Å². The van der Waals surface area contributed by atoms with Gasteiger partial charge in [-0.25, -0.2) is 4.79 Å². The van der Waals surface area contributed by atoms with Crippen LogP contribution in [0.3, 0.4) is 0 Å². The van der Waals surface area contributed by atoms with Crippen molar-refractivity contribution in [3.63, 3.8) is 0 Å². The summed E-state index contributed by atoms with van der Waals surface area (Å²) in [5, 5.41) is 20.4. The zero-order valence-electron chi connectivity index (χ0n) is 17.1. The molecule has 0 bridgehead atoms. The Morgan fingerprint density at radius 3 is 2.76 bits per heavy atom. The number of aryl methyl sites for hydroxylation is 1. The Kier molecular flexibility index (Phi) is 5.71. The topological polar surface area (TPSA) is 102 Å². The minimum Gasteiger partial charge on any atom is -0.508 e. The van der Waals surface area contributed by atoms with E-state index in [9.17, 15) is 19.8 Å². The number of phenols is 1. The largest absolute Gasteiger partial charge is 0.508 e. The maximum absolute atomic E-state index is 13.1. The molecule has 0 saturated heterocycles. The number of carbonyl (C=O) groups excluding carboxylic acids is 2. The SMILES string of the molecule is CCCC1=CC2=C(CO1)C(=O)C(C)(OC(=O)c1c(C)cc(O)cc1OC)C(O)C2. The molecule has 1 heterocycles. The molecule has 0 saturated carbocycles. The molecule has 0 fully saturated rings. The lowest BCUT2D eigenvalue weighted by Crippen LogP contribution is -2.54. The number of ether oxygens (including phenoxy) is 3. The van der Waals surface area contributed by atoms with Crippen LogP contribution in [-0.2, 0) is 14.3 Å². The lowest BCUT2D eigenvalue weighted by atomic mass is 9.77. The van der Waals surface area contributed by atoms with Crippen LogP contribution in [0.5, 0.6) is 11.5 Å². The van der Waals surface area contributed by atoms with E-state index >= 15 is 0 Å². The standard InChI is InChI=1S/C22H26O7/c1-5-6-15-8-13-9-18(24)22(3,20(25)16(13)11-28-15)29-21(26)19-12(2)7-14(23)10-17(19)27-4/h7-8,10,18,23-24H,5-6,9,11H2,1-4H3. The van der Waals surface area contributed by atoms with Crippen molar-refractivity contribution in [3.8, 4) is 11.5 Å². The summed E-state index contributed by atoms with van der Waals surface area (Å²) in [7, 11) is 1.37. The van der Waals surface area contributed by atoms with Crippen molar-refractivity contribution < 1.29 is 34.0 Å². The van der Waals surface area contributed by atoms with E-state index in [0.29, 0.717) is 11.1 Å². The number of aliphatic hydroxyl groups excluding tert-OH is 1. The second kappa shape index (κ2) is 7.91. The van der Waals surface area contributed by atoms with E-state index in [1.165, 1.54) is 26.2 Å². The van der Waals surface area contributed by atoms with E-state index in [0.717, 1.165) is 24.2 Å². The smallest absolute Gasteiger partial charge is 0.343 e. The number of esters is 1. The monoisotopic (exact) mass is 402 g/mol. The van der Waals surface area contributed by atoms with Crippen LogP contribution in [0.25, 0.3) is 0 Å². The Balaban J connectivity index is 1.92. The highest BCUT2D eigenvalue weighted by Gasteiger charge is 2.50. The highest BCUT2D eigenvalue weighted by atomic mass is 16.6. The molecule has 3 rings (SSSR count). The molecule has 156 valence electrons. The first-order valence-electron chi connectivity index (χ1n) is 9.60. The van der Waals surface area contributed by atoms with Gasteiger partial charge in [0.25, 0.3) is 0 Å². The van der Waals surface area contributed by atoms with Crippen LogP contribution < -0.4 is 4.74 Å². The third-order valence-corrected chi connectivity index (χ3v) is 5.41. The summed E-state index contributed by atoms with van der Waals surface area (Å²) in [4.78, 5) is 26.1. The van der Waals surface area contributed by atoms with Crippen LogP contribution in [0, 0.1) is 6.92 Å². The Morgan fingerprint density at radius 1 is 1.38 bits per heavy atom. The van der Waals surface area contributed by atoms with Crippen molar-refractivity contribution in [2.45, 2.75) is 51.7 Å². The zero-order chi connectivity index (χ0) is 21.3. The fourth-order valence-electron chi connectivity index (χ4n) is 3.74. The number of aliphatic hydroxyl groups is 1. The van der Waals surface area contributed by atoms with Crippen LogP contribution in [0.4, 0.5) is 0 Å². The Morgan fingerprint density at radius 2 is 2.10 bits per heavy atom. The van der Waals surface area contributed by atoms with Crippen LogP contribution in [0.1, 0.15) is 49.0 Å². The van der Waals surface area contributed by atoms with Gasteiger partial charge in [-0.1, -0.05) is 6.92 Å². The van der Waals surface area contributed by atoms with Gasteiger partial charge in [0.1, 0.15) is 29.8 Å². The van der Waals surface area contributed by atoms with E-state index in [-0.39, 0.29) is 30.1 Å². The molecule has 7 nitrogen and oxygen atoms in total. The Bertz CT molecular complexity index is 912. The molecule has 1 aromatic carbocycles. The molecule has 2 unspecified atom stereocenters. The molecule has 0 radical (unpaired) electrons. The molecule has 0 aromatic heterocycles. The zero-order valence-corrected chi connectivity index (χ0v) is 17.1. The summed E-state index contributed by atoms with van der Waals surface area (Å²) in [5.74, 6) is -0.419. The highest BCUT2D eigenvalue weighted by Crippen LogP contribution is 2.38. The number of benzene rings is 1. The molecule has 7 heteroatoms. The first-order valence-corrected chi connectivity index (χ1v) is 9.60. The van der Waals surface area contributed by atoms with Crippen molar-refractivity contribution in [2.24, 2.45) is 0 Å². The van der Waals surface area contributed by atoms with Gasteiger partial charge in [0.05, 0.1) is 12.9 Å². The summed E-state index contributed by atoms with van der Waals surface area (Å²) in [6.07, 6.45) is 2.46. The summed E-state index contributed by atoms with van der Waals surface area (Å²) in [5.41, 5.74) is -0.0772. The predicted octanol–water partition coefficient (Wildman–Crippen LogP) is 2.97. The summed E-state index contributed by atoms with van der Waals surface area (Å²) in [6, 6.07) is 2.69.